The van der Waals surface area contributed by atoms with E-state index in [1.54, 1.807) is 4.52 Å². The molecule has 2 heterocycles. The molecule has 2 N–H and O–H groups in total. The molecule has 2 aromatic heterocycles. The van der Waals surface area contributed by atoms with Gasteiger partial charge in [-0.25, -0.2) is 9.50 Å². The summed E-state index contributed by atoms with van der Waals surface area (Å²) < 4.78 is 1.57. The van der Waals surface area contributed by atoms with Crippen molar-refractivity contribution in [2.24, 2.45) is 0 Å². The average Bonchev–Trinajstić information content (AvgIpc) is 2.91. The molecule has 0 amide bonds. The molecular weight excluding hydrogens is 350 g/mol. The van der Waals surface area contributed by atoms with Crippen molar-refractivity contribution >= 4 is 5.65 Å². The maximum absolute atomic E-state index is 13.2. The standard InChI is InChI=1S/C23H31N3O2/c1-7-8-18(27)9-10-19-16(5)24-22-21(17(6)25-26(22)23(19)28)20-14(3)11-13(2)12-15(20)4/h11-12,18,25,27H,7-10H2,1-6H3. The number of aromatic nitrogens is 3. The molecule has 28 heavy (non-hydrogen) atoms. The van der Waals surface area contributed by atoms with E-state index in [-0.39, 0.29) is 11.7 Å². The first-order chi connectivity index (χ1) is 13.2. The predicted molar refractivity (Wildman–Crippen MR) is 114 cm³/mol. The molecule has 150 valence electrons. The third-order valence-corrected chi connectivity index (χ3v) is 5.54. The zero-order chi connectivity index (χ0) is 20.6. The number of hydrogen-bond donors (Lipinski definition) is 2. The summed E-state index contributed by atoms with van der Waals surface area (Å²) in [6, 6.07) is 4.33. The molecule has 0 bridgehead atoms. The molecule has 1 unspecified atom stereocenters. The van der Waals surface area contributed by atoms with Crippen molar-refractivity contribution in [2.75, 3.05) is 0 Å². The molecule has 5 nitrogen and oxygen atoms in total. The Morgan fingerprint density at radius 3 is 2.32 bits per heavy atom. The van der Waals surface area contributed by atoms with Crippen LogP contribution in [0.15, 0.2) is 16.9 Å². The van der Waals surface area contributed by atoms with Gasteiger partial charge in [0.25, 0.3) is 5.56 Å². The third kappa shape index (κ3) is 3.63. The van der Waals surface area contributed by atoms with Crippen LogP contribution in [-0.2, 0) is 6.42 Å². The fourth-order valence-corrected chi connectivity index (χ4v) is 4.27. The lowest BCUT2D eigenvalue weighted by Crippen LogP contribution is -2.23. The Balaban J connectivity index is 2.14. The lowest BCUT2D eigenvalue weighted by molar-refractivity contribution is 0.154. The Morgan fingerprint density at radius 1 is 1.07 bits per heavy atom. The molecule has 0 spiro atoms. The number of aliphatic hydroxyl groups is 1. The van der Waals surface area contributed by atoms with Gasteiger partial charge in [-0.3, -0.25) is 9.89 Å². The van der Waals surface area contributed by atoms with Crippen LogP contribution in [0.25, 0.3) is 16.8 Å². The molecule has 1 atom stereocenters. The molecule has 0 saturated carbocycles. The van der Waals surface area contributed by atoms with E-state index in [9.17, 15) is 9.90 Å². The zero-order valence-corrected chi connectivity index (χ0v) is 17.8. The van der Waals surface area contributed by atoms with Gasteiger partial charge in [0.15, 0.2) is 5.65 Å². The minimum atomic E-state index is -0.372. The minimum absolute atomic E-state index is 0.0667. The number of nitrogens with zero attached hydrogens (tertiary/aromatic N) is 2. The summed E-state index contributed by atoms with van der Waals surface area (Å²) in [5, 5.41) is 13.3. The second-order valence-corrected chi connectivity index (χ2v) is 8.01. The molecule has 5 heteroatoms. The van der Waals surface area contributed by atoms with Gasteiger partial charge >= 0.3 is 0 Å². The van der Waals surface area contributed by atoms with E-state index in [1.807, 2.05) is 13.8 Å². The van der Waals surface area contributed by atoms with Crippen molar-refractivity contribution in [3.05, 3.63) is 56.1 Å². The molecule has 1 aromatic carbocycles. The first-order valence-electron chi connectivity index (χ1n) is 10.1. The molecule has 0 aliphatic rings. The van der Waals surface area contributed by atoms with Crippen LogP contribution in [0.5, 0.6) is 0 Å². The Bertz CT molecular complexity index is 1050. The second-order valence-electron chi connectivity index (χ2n) is 8.01. The van der Waals surface area contributed by atoms with Gasteiger partial charge in [-0.05, 0) is 70.6 Å². The maximum atomic E-state index is 13.2. The van der Waals surface area contributed by atoms with Gasteiger partial charge in [-0.15, -0.1) is 0 Å². The molecule has 0 radical (unpaired) electrons. The number of H-pyrrole nitrogens is 1. The smallest absolute Gasteiger partial charge is 0.276 e. The van der Waals surface area contributed by atoms with Crippen LogP contribution in [0, 0.1) is 34.6 Å². The second kappa shape index (κ2) is 7.92. The highest BCUT2D eigenvalue weighted by molar-refractivity contribution is 5.84. The van der Waals surface area contributed by atoms with E-state index in [1.165, 1.54) is 16.7 Å². The molecule has 3 rings (SSSR count). The van der Waals surface area contributed by atoms with E-state index in [4.69, 9.17) is 4.98 Å². The van der Waals surface area contributed by atoms with Gasteiger partial charge in [0, 0.05) is 22.5 Å². The molecular formula is C23H31N3O2. The number of rotatable bonds is 6. The topological polar surface area (TPSA) is 70.4 Å². The van der Waals surface area contributed by atoms with Crippen LogP contribution in [-0.4, -0.2) is 25.8 Å². The number of benzene rings is 1. The van der Waals surface area contributed by atoms with Crippen LogP contribution in [0.1, 0.15) is 59.8 Å². The normalized spacial score (nSPS) is 12.7. The largest absolute Gasteiger partial charge is 0.393 e. The number of aryl methyl sites for hydroxylation is 5. The van der Waals surface area contributed by atoms with E-state index in [2.05, 4.69) is 44.9 Å². The van der Waals surface area contributed by atoms with Crippen LogP contribution in [0.2, 0.25) is 0 Å². The van der Waals surface area contributed by atoms with Gasteiger partial charge in [0.2, 0.25) is 0 Å². The summed E-state index contributed by atoms with van der Waals surface area (Å²) in [7, 11) is 0. The van der Waals surface area contributed by atoms with Gasteiger partial charge in [-0.2, -0.15) is 0 Å². The summed E-state index contributed by atoms with van der Waals surface area (Å²) >= 11 is 0. The lowest BCUT2D eigenvalue weighted by atomic mass is 9.94. The molecule has 3 aromatic rings. The van der Waals surface area contributed by atoms with Crippen LogP contribution >= 0.6 is 0 Å². The molecule has 0 aliphatic carbocycles. The maximum Gasteiger partial charge on any atom is 0.276 e. The van der Waals surface area contributed by atoms with Crippen LogP contribution in [0.3, 0.4) is 0 Å². The van der Waals surface area contributed by atoms with Crippen molar-refractivity contribution in [1.29, 1.82) is 0 Å². The van der Waals surface area contributed by atoms with Crippen molar-refractivity contribution in [2.45, 2.75) is 73.3 Å². The Labute approximate surface area is 166 Å². The Morgan fingerprint density at radius 2 is 1.71 bits per heavy atom. The first-order valence-corrected chi connectivity index (χ1v) is 10.1. The highest BCUT2D eigenvalue weighted by atomic mass is 16.3. The average molecular weight is 382 g/mol. The van der Waals surface area contributed by atoms with Gasteiger partial charge < -0.3 is 5.11 Å². The highest BCUT2D eigenvalue weighted by Gasteiger charge is 2.20. The SMILES string of the molecule is CCCC(O)CCc1c(C)nc2c(-c3c(C)cc(C)cc3C)c(C)[nH]n2c1=O. The summed E-state index contributed by atoms with van der Waals surface area (Å²) in [5.41, 5.74) is 8.69. The summed E-state index contributed by atoms with van der Waals surface area (Å²) in [5.74, 6) is 0. The first kappa shape index (κ1) is 20.3. The van der Waals surface area contributed by atoms with Gasteiger partial charge in [0.05, 0.1) is 6.10 Å². The molecule has 0 aliphatic heterocycles. The fourth-order valence-electron chi connectivity index (χ4n) is 4.27. The van der Waals surface area contributed by atoms with Crippen molar-refractivity contribution in [3.8, 4) is 11.1 Å². The summed E-state index contributed by atoms with van der Waals surface area (Å²) in [6.07, 6.45) is 2.44. The Hall–Kier alpha value is -2.40. The van der Waals surface area contributed by atoms with E-state index < -0.39 is 0 Å². The monoisotopic (exact) mass is 381 g/mol. The third-order valence-electron chi connectivity index (χ3n) is 5.54. The molecule has 0 saturated heterocycles. The lowest BCUT2D eigenvalue weighted by Gasteiger charge is -2.12. The van der Waals surface area contributed by atoms with Crippen molar-refractivity contribution in [1.82, 2.24) is 14.6 Å². The van der Waals surface area contributed by atoms with E-state index in [0.29, 0.717) is 24.1 Å². The van der Waals surface area contributed by atoms with Crippen LogP contribution in [0.4, 0.5) is 0 Å². The Kier molecular flexibility index (Phi) is 5.75. The van der Waals surface area contributed by atoms with E-state index >= 15 is 0 Å². The number of aliphatic hydroxyl groups excluding tert-OH is 1. The van der Waals surface area contributed by atoms with Gasteiger partial charge in [0.1, 0.15) is 0 Å². The number of aromatic amines is 1. The number of nitrogens with one attached hydrogen (secondary N) is 1. The fraction of sp³-hybridized carbons (Fsp3) is 0.478. The van der Waals surface area contributed by atoms with Crippen molar-refractivity contribution < 1.29 is 5.11 Å². The number of fused-ring (bicyclic) bond motifs is 1. The number of hydrogen-bond acceptors (Lipinski definition) is 3. The van der Waals surface area contributed by atoms with Crippen molar-refractivity contribution in [3.63, 3.8) is 0 Å². The van der Waals surface area contributed by atoms with Crippen LogP contribution < -0.4 is 5.56 Å². The summed E-state index contributed by atoms with van der Waals surface area (Å²) in [6.45, 7) is 12.2. The van der Waals surface area contributed by atoms with E-state index in [0.717, 1.165) is 35.4 Å². The minimum Gasteiger partial charge on any atom is -0.393 e. The zero-order valence-electron chi connectivity index (χ0n) is 17.8. The quantitative estimate of drug-likeness (QED) is 0.668. The predicted octanol–water partition coefficient (Wildman–Crippen LogP) is 4.33. The summed E-state index contributed by atoms with van der Waals surface area (Å²) in [4.78, 5) is 18.0. The molecule has 0 fully saturated rings. The van der Waals surface area contributed by atoms with Gasteiger partial charge in [-0.1, -0.05) is 31.0 Å². The highest BCUT2D eigenvalue weighted by Crippen LogP contribution is 2.33.